The van der Waals surface area contributed by atoms with Gasteiger partial charge in [0.05, 0.1) is 19.3 Å². The number of aliphatic hydroxyl groups excluding tert-OH is 3. The summed E-state index contributed by atoms with van der Waals surface area (Å²) >= 11 is 0. The highest BCUT2D eigenvalue weighted by atomic mass is 16.4. The van der Waals surface area contributed by atoms with Crippen molar-refractivity contribution in [2.45, 2.75) is 280 Å². The molecule has 714 valence electrons. The van der Waals surface area contributed by atoms with E-state index in [1.54, 1.807) is 71.9 Å². The molecule has 45 heteroatoms. The van der Waals surface area contributed by atoms with Gasteiger partial charge in [0.1, 0.15) is 96.4 Å². The van der Waals surface area contributed by atoms with Crippen LogP contribution in [-0.2, 0) is 104 Å². The Labute approximate surface area is 740 Å². The number of rotatable bonds is 61. The monoisotopic (exact) mass is 1810 g/mol. The number of phenolic OH excluding ortho intramolecular Hbond substituents is 1. The van der Waals surface area contributed by atoms with Crippen LogP contribution in [0, 0.1) is 17.8 Å². The van der Waals surface area contributed by atoms with Crippen molar-refractivity contribution < 1.29 is 132 Å². The molecule has 1 saturated heterocycles. The summed E-state index contributed by atoms with van der Waals surface area (Å²) in [4.78, 5) is 262. The molecule has 17 atom stereocenters. The second-order valence-electron chi connectivity index (χ2n) is 32.5. The number of amides is 15. The number of primary amides is 1. The molecule has 0 spiro atoms. The van der Waals surface area contributed by atoms with Gasteiger partial charge in [-0.25, -0.2) is 4.79 Å². The van der Waals surface area contributed by atoms with Crippen molar-refractivity contribution in [3.8, 4) is 5.75 Å². The van der Waals surface area contributed by atoms with Crippen LogP contribution in [0.15, 0.2) is 54.6 Å². The smallest absolute Gasteiger partial charge is 0.326 e. The molecule has 1 aliphatic heterocycles. The first kappa shape index (κ1) is 110. The second kappa shape index (κ2) is 56.9. The van der Waals surface area contributed by atoms with Crippen LogP contribution in [0.25, 0.3) is 0 Å². The number of aliphatic carboxylic acids is 4. The van der Waals surface area contributed by atoms with Crippen molar-refractivity contribution in [2.24, 2.45) is 40.7 Å². The SMILES string of the molecule is CC[C@H](C)[C@H](NC(=O)[C@H](CCC(=O)O)NC(=O)[C@H](Cc1ccccc1)NC(=O)[C@@H]1CCCN1C(=O)[C@@H](NC(=O)[C@H](CCC(N)=O)NC(=O)[C@H](CC(C)C)NC(=O)[C@H](CCC(=O)O)NC(=O)[C@H](Cc1ccc(O)cc1)NC(=O)[C@H](CO)NC(=O)[C@H](CCCCN)NC(=O)[C@H](CCC(=O)O)NC(=O)[C@@H](N)CO)[C@@H](C)O)C(=O)N[C@@H](CCCCN)C(=O)N[C@@H](CC(C)C)C(=O)O. The number of nitrogens with zero attached hydrogens (tertiary/aromatic N) is 1. The third-order valence-corrected chi connectivity index (χ3v) is 20.9. The van der Waals surface area contributed by atoms with E-state index in [-0.39, 0.29) is 101 Å². The average molecular weight is 1810 g/mol. The number of aliphatic hydroxyl groups is 3. The lowest BCUT2D eigenvalue weighted by Gasteiger charge is -2.32. The first-order valence-electron chi connectivity index (χ1n) is 42.7. The lowest BCUT2D eigenvalue weighted by atomic mass is 9.96. The molecule has 29 N–H and O–H groups in total. The zero-order valence-corrected chi connectivity index (χ0v) is 73.1. The molecule has 0 aromatic heterocycles. The van der Waals surface area contributed by atoms with Gasteiger partial charge in [0, 0.05) is 45.1 Å². The number of nitrogens with two attached hydrogens (primary N) is 4. The molecule has 0 radical (unpaired) electrons. The first-order valence-corrected chi connectivity index (χ1v) is 42.7. The van der Waals surface area contributed by atoms with Crippen LogP contribution >= 0.6 is 0 Å². The summed E-state index contributed by atoms with van der Waals surface area (Å²) in [6, 6.07) is -11.6. The number of carbonyl (C=O) groups excluding carboxylic acids is 15. The highest BCUT2D eigenvalue weighted by molar-refractivity contribution is 6.01. The molecule has 128 heavy (non-hydrogen) atoms. The second-order valence-corrected chi connectivity index (χ2v) is 32.5. The highest BCUT2D eigenvalue weighted by Gasteiger charge is 2.44. The maximum Gasteiger partial charge on any atom is 0.326 e. The quantitative estimate of drug-likeness (QED) is 0.0275. The molecular weight excluding hydrogens is 1680 g/mol. The summed E-state index contributed by atoms with van der Waals surface area (Å²) in [5, 5.41) is 112. The number of carboxylic acid groups (broad SMARTS) is 4. The molecule has 1 heterocycles. The third kappa shape index (κ3) is 39.4. The van der Waals surface area contributed by atoms with Crippen molar-refractivity contribution >= 4 is 112 Å². The Kier molecular flexibility index (Phi) is 48.9. The van der Waals surface area contributed by atoms with Crippen molar-refractivity contribution in [1.29, 1.82) is 0 Å². The van der Waals surface area contributed by atoms with Crippen molar-refractivity contribution in [2.75, 3.05) is 32.8 Å². The van der Waals surface area contributed by atoms with E-state index >= 15 is 0 Å². The van der Waals surface area contributed by atoms with Gasteiger partial charge in [0.15, 0.2) is 0 Å². The number of nitrogens with one attached hydrogen (secondary N) is 13. The van der Waals surface area contributed by atoms with Gasteiger partial charge in [-0.3, -0.25) is 86.3 Å². The number of unbranched alkanes of at least 4 members (excludes halogenated alkanes) is 2. The van der Waals surface area contributed by atoms with E-state index in [0.717, 1.165) is 11.8 Å². The van der Waals surface area contributed by atoms with E-state index in [0.29, 0.717) is 18.4 Å². The minimum absolute atomic E-state index is 0.0132. The number of likely N-dealkylation sites (tertiary alicyclic amines) is 1. The number of carbonyl (C=O) groups is 19. The predicted octanol–water partition coefficient (Wildman–Crippen LogP) is -5.50. The van der Waals surface area contributed by atoms with Crippen LogP contribution in [-0.4, -0.2) is 288 Å². The Morgan fingerprint density at radius 3 is 1.19 bits per heavy atom. The standard InChI is InChI=1S/C83H130N18O27/c1-8-45(6)67(81(125)93-52(20-13-15-35-85)70(114)97-60(83(127)128)38-44(4)5)99-74(118)56(29-33-66(111)112)92-78(122)59(39-47-17-10-9-11-18-47)96-80(124)62-21-16-36-101(62)82(126)68(46(7)104)100-75(119)53(26-30-63(87)106)90-76(120)57(37-43(2)3)94-73(117)55(28-32-65(109)110)91-77(121)58(40-48-22-24-49(105)25-23-48)95-79(123)61(42-103)98-71(115)51(19-12-14-34-84)89-72(116)54(27-31-64(107)108)88-69(113)50(86)41-102/h9-11,17-18,22-25,43-46,50-62,67-68,102-105H,8,12-16,19-21,26-42,84-86H2,1-7H3,(H2,87,106)(H,88,113)(H,89,116)(H,90,120)(H,91,121)(H,92,122)(H,93,125)(H,94,117)(H,95,123)(H,96,124)(H,97,114)(H,98,115)(H,99,118)(H,100,119)(H,107,108)(H,109,110)(H,111,112)(H,127,128)/t45-,46+,50-,51-,52-,53-,54-,55-,56-,57-,58-,59-,60-,61-,62-,67-,68-/m0/s1. The lowest BCUT2D eigenvalue weighted by molar-refractivity contribution is -0.145. The molecule has 3 rings (SSSR count). The van der Waals surface area contributed by atoms with E-state index in [9.17, 15) is 132 Å². The van der Waals surface area contributed by atoms with E-state index < -0.39 is 292 Å². The van der Waals surface area contributed by atoms with Gasteiger partial charge in [-0.15, -0.1) is 0 Å². The molecular formula is C83H130N18O27. The van der Waals surface area contributed by atoms with Gasteiger partial charge >= 0.3 is 23.9 Å². The van der Waals surface area contributed by atoms with Gasteiger partial charge in [-0.05, 0) is 151 Å². The fourth-order valence-electron chi connectivity index (χ4n) is 13.6. The molecule has 2 aromatic carbocycles. The van der Waals surface area contributed by atoms with Crippen LogP contribution in [0.5, 0.6) is 5.75 Å². The Bertz CT molecular complexity index is 4070. The van der Waals surface area contributed by atoms with Crippen LogP contribution in [0.1, 0.15) is 182 Å². The van der Waals surface area contributed by atoms with Gasteiger partial charge in [0.2, 0.25) is 88.6 Å². The maximum atomic E-state index is 14.9. The van der Waals surface area contributed by atoms with Crippen LogP contribution in [0.3, 0.4) is 0 Å². The highest BCUT2D eigenvalue weighted by Crippen LogP contribution is 2.23. The van der Waals surface area contributed by atoms with E-state index in [1.807, 2.05) is 0 Å². The number of aromatic hydroxyl groups is 1. The van der Waals surface area contributed by atoms with Gasteiger partial charge < -0.3 is 138 Å². The number of carboxylic acids is 4. The molecule has 1 aliphatic rings. The summed E-state index contributed by atoms with van der Waals surface area (Å²) in [6.45, 7) is 9.22. The van der Waals surface area contributed by atoms with Crippen molar-refractivity contribution in [3.63, 3.8) is 0 Å². The molecule has 0 aliphatic carbocycles. The fourth-order valence-corrected chi connectivity index (χ4v) is 13.6. The molecule has 0 saturated carbocycles. The summed E-state index contributed by atoms with van der Waals surface area (Å²) in [7, 11) is 0. The first-order chi connectivity index (χ1) is 60.4. The molecule has 0 bridgehead atoms. The normalized spacial score (nSPS) is 16.2. The van der Waals surface area contributed by atoms with E-state index in [4.69, 9.17) is 22.9 Å². The third-order valence-electron chi connectivity index (χ3n) is 20.9. The zero-order chi connectivity index (χ0) is 96.2. The van der Waals surface area contributed by atoms with E-state index in [2.05, 4.69) is 69.1 Å². The zero-order valence-electron chi connectivity index (χ0n) is 73.1. The number of hydrogen-bond acceptors (Lipinski definition) is 26. The van der Waals surface area contributed by atoms with Gasteiger partial charge in [-0.2, -0.15) is 0 Å². The molecule has 0 unspecified atom stereocenters. The topological polar surface area (TPSA) is 750 Å². The van der Waals surface area contributed by atoms with E-state index in [1.165, 1.54) is 24.3 Å². The Hall–Kier alpha value is -12.1. The Morgan fingerprint density at radius 1 is 0.414 bits per heavy atom. The minimum Gasteiger partial charge on any atom is -0.508 e. The molecule has 2 aromatic rings. The average Bonchev–Trinajstić information content (AvgIpc) is 1.83. The van der Waals surface area contributed by atoms with Crippen LogP contribution < -0.4 is 92.1 Å². The van der Waals surface area contributed by atoms with Gasteiger partial charge in [0.25, 0.3) is 0 Å². The summed E-state index contributed by atoms with van der Waals surface area (Å²) in [5.74, 6) is -23.4. The minimum atomic E-state index is -1.95. The summed E-state index contributed by atoms with van der Waals surface area (Å²) in [5.41, 5.74) is 23.2. The predicted molar refractivity (Wildman–Crippen MR) is 456 cm³/mol. The molecule has 1 fully saturated rings. The Morgan fingerprint density at radius 2 is 0.773 bits per heavy atom. The van der Waals surface area contributed by atoms with Crippen LogP contribution in [0.2, 0.25) is 0 Å². The lowest BCUT2D eigenvalue weighted by Crippen LogP contribution is -2.62. The molecule has 45 nitrogen and oxygen atoms in total. The maximum absolute atomic E-state index is 14.9. The molecule has 15 amide bonds. The summed E-state index contributed by atoms with van der Waals surface area (Å²) < 4.78 is 0. The number of benzene rings is 2. The van der Waals surface area contributed by atoms with Crippen molar-refractivity contribution in [1.82, 2.24) is 74.0 Å². The number of phenols is 1. The summed E-state index contributed by atoms with van der Waals surface area (Å²) in [6.07, 6.45) is -6.73. The fraction of sp³-hybridized carbons (Fsp3) is 0.627. The van der Waals surface area contributed by atoms with Crippen molar-refractivity contribution in [3.05, 3.63) is 65.7 Å². The van der Waals surface area contributed by atoms with Crippen LogP contribution in [0.4, 0.5) is 0 Å². The largest absolute Gasteiger partial charge is 0.508 e. The van der Waals surface area contributed by atoms with Gasteiger partial charge in [-0.1, -0.05) is 90.4 Å². The Balaban J connectivity index is 2.00. The number of hydrogen-bond donors (Lipinski definition) is 25.